The number of hydrogen-bond acceptors (Lipinski definition) is 3. The van der Waals surface area contributed by atoms with Crippen molar-refractivity contribution in [3.63, 3.8) is 0 Å². The van der Waals surface area contributed by atoms with Crippen LogP contribution in [0.4, 0.5) is 9.18 Å². The number of nitrogens with zero attached hydrogens (tertiary/aromatic N) is 2. The van der Waals surface area contributed by atoms with Gasteiger partial charge in [-0.3, -0.25) is 4.98 Å². The third-order valence-electron chi connectivity index (χ3n) is 3.08. The lowest BCUT2D eigenvalue weighted by atomic mass is 9.90. The first kappa shape index (κ1) is 13.8. The molecule has 1 aliphatic heterocycles. The van der Waals surface area contributed by atoms with Crippen molar-refractivity contribution in [2.75, 3.05) is 13.1 Å². The van der Waals surface area contributed by atoms with Crippen molar-refractivity contribution in [3.05, 3.63) is 29.3 Å². The first-order valence-electron chi connectivity index (χ1n) is 6.37. The molecular weight excluding hydrogens is 247 g/mol. The number of ether oxygens (including phenoxy) is 1. The number of halogens is 1. The second-order valence-corrected chi connectivity index (χ2v) is 5.87. The minimum Gasteiger partial charge on any atom is -0.444 e. The largest absolute Gasteiger partial charge is 0.444 e. The van der Waals surface area contributed by atoms with Gasteiger partial charge in [0.2, 0.25) is 0 Å². The standard InChI is InChI=1S/C14H19FN2O2/c1-9-12(11(15)5-6-16-9)10-7-17(8-10)13(18)19-14(2,3)4/h5-6,10H,7-8H2,1-4H3. The Hall–Kier alpha value is -1.65. The Balaban J connectivity index is 1.98. The Morgan fingerprint density at radius 3 is 2.63 bits per heavy atom. The zero-order valence-electron chi connectivity index (χ0n) is 11.7. The summed E-state index contributed by atoms with van der Waals surface area (Å²) in [5.74, 6) is -0.234. The molecule has 2 rings (SSSR count). The smallest absolute Gasteiger partial charge is 0.410 e. The number of pyridine rings is 1. The molecule has 0 radical (unpaired) electrons. The summed E-state index contributed by atoms with van der Waals surface area (Å²) in [6.07, 6.45) is 1.11. The summed E-state index contributed by atoms with van der Waals surface area (Å²) in [5, 5.41) is 0. The van der Waals surface area contributed by atoms with Gasteiger partial charge in [-0.25, -0.2) is 9.18 Å². The van der Waals surface area contributed by atoms with E-state index in [4.69, 9.17) is 4.74 Å². The number of likely N-dealkylation sites (tertiary alicyclic amines) is 1. The summed E-state index contributed by atoms with van der Waals surface area (Å²) < 4.78 is 19.0. The van der Waals surface area contributed by atoms with Gasteiger partial charge in [-0.2, -0.15) is 0 Å². The fourth-order valence-electron chi connectivity index (χ4n) is 2.17. The monoisotopic (exact) mass is 266 g/mol. The van der Waals surface area contributed by atoms with Gasteiger partial charge in [0.05, 0.1) is 0 Å². The Morgan fingerprint density at radius 2 is 2.11 bits per heavy atom. The number of carbonyl (C=O) groups is 1. The fraction of sp³-hybridized carbons (Fsp3) is 0.571. The number of aryl methyl sites for hydroxylation is 1. The molecule has 0 unspecified atom stereocenters. The van der Waals surface area contributed by atoms with Crippen LogP contribution in [0.1, 0.15) is 37.9 Å². The van der Waals surface area contributed by atoms with Gasteiger partial charge < -0.3 is 9.64 Å². The van der Waals surface area contributed by atoms with E-state index in [1.54, 1.807) is 11.8 Å². The summed E-state index contributed by atoms with van der Waals surface area (Å²) in [6, 6.07) is 1.36. The van der Waals surface area contributed by atoms with Crippen LogP contribution in [0.25, 0.3) is 0 Å². The van der Waals surface area contributed by atoms with Gasteiger partial charge in [-0.05, 0) is 33.8 Å². The van der Waals surface area contributed by atoms with Gasteiger partial charge in [-0.1, -0.05) is 0 Å². The van der Waals surface area contributed by atoms with Gasteiger partial charge in [-0.15, -0.1) is 0 Å². The predicted octanol–water partition coefficient (Wildman–Crippen LogP) is 2.86. The SMILES string of the molecule is Cc1nccc(F)c1C1CN(C(=O)OC(C)(C)C)C1. The van der Waals surface area contributed by atoms with E-state index in [2.05, 4.69) is 4.98 Å². The summed E-state index contributed by atoms with van der Waals surface area (Å²) in [4.78, 5) is 17.5. The summed E-state index contributed by atoms with van der Waals surface area (Å²) in [7, 11) is 0. The van der Waals surface area contributed by atoms with Crippen molar-refractivity contribution >= 4 is 6.09 Å². The molecule has 1 fully saturated rings. The van der Waals surface area contributed by atoms with Crippen LogP contribution in [0, 0.1) is 12.7 Å². The summed E-state index contributed by atoms with van der Waals surface area (Å²) in [6.45, 7) is 8.23. The van der Waals surface area contributed by atoms with Crippen LogP contribution in [-0.4, -0.2) is 34.7 Å². The van der Waals surface area contributed by atoms with Crippen molar-refractivity contribution in [1.29, 1.82) is 0 Å². The second-order valence-electron chi connectivity index (χ2n) is 5.87. The molecule has 0 atom stereocenters. The van der Waals surface area contributed by atoms with Crippen molar-refractivity contribution in [2.24, 2.45) is 0 Å². The molecule has 0 N–H and O–H groups in total. The van der Waals surface area contributed by atoms with Crippen LogP contribution in [0.2, 0.25) is 0 Å². The van der Waals surface area contributed by atoms with E-state index in [9.17, 15) is 9.18 Å². The zero-order chi connectivity index (χ0) is 14.2. The highest BCUT2D eigenvalue weighted by Crippen LogP contribution is 2.31. The molecule has 0 saturated carbocycles. The molecule has 1 aromatic rings. The van der Waals surface area contributed by atoms with Crippen LogP contribution < -0.4 is 0 Å². The molecule has 5 heteroatoms. The quantitative estimate of drug-likeness (QED) is 0.785. The number of amides is 1. The van der Waals surface area contributed by atoms with Crippen molar-refractivity contribution in [1.82, 2.24) is 9.88 Å². The Morgan fingerprint density at radius 1 is 1.47 bits per heavy atom. The molecule has 0 spiro atoms. The lowest BCUT2D eigenvalue weighted by Crippen LogP contribution is -2.50. The van der Waals surface area contributed by atoms with Gasteiger partial charge in [0.25, 0.3) is 0 Å². The Bertz CT molecular complexity index is 470. The predicted molar refractivity (Wildman–Crippen MR) is 69.5 cm³/mol. The normalized spacial score (nSPS) is 16.2. The van der Waals surface area contributed by atoms with Gasteiger partial charge in [0, 0.05) is 36.5 Å². The highest BCUT2D eigenvalue weighted by Gasteiger charge is 2.36. The molecule has 2 heterocycles. The highest BCUT2D eigenvalue weighted by atomic mass is 19.1. The molecular formula is C14H19FN2O2. The van der Waals surface area contributed by atoms with Gasteiger partial charge in [0.15, 0.2) is 0 Å². The number of carbonyl (C=O) groups excluding carboxylic acids is 1. The van der Waals surface area contributed by atoms with E-state index in [-0.39, 0.29) is 17.8 Å². The molecule has 104 valence electrons. The van der Waals surface area contributed by atoms with Gasteiger partial charge >= 0.3 is 6.09 Å². The molecule has 1 aliphatic rings. The molecule has 19 heavy (non-hydrogen) atoms. The molecule has 1 saturated heterocycles. The van der Waals surface area contributed by atoms with Crippen LogP contribution in [0.5, 0.6) is 0 Å². The van der Waals surface area contributed by atoms with Crippen LogP contribution in [0.15, 0.2) is 12.3 Å². The Kier molecular flexibility index (Phi) is 3.47. The zero-order valence-corrected chi connectivity index (χ0v) is 11.7. The van der Waals surface area contributed by atoms with E-state index in [1.807, 2.05) is 20.8 Å². The number of hydrogen-bond donors (Lipinski definition) is 0. The Labute approximate surface area is 112 Å². The molecule has 0 bridgehead atoms. The van der Waals surface area contributed by atoms with E-state index in [1.165, 1.54) is 12.3 Å². The van der Waals surface area contributed by atoms with Gasteiger partial charge in [0.1, 0.15) is 11.4 Å². The van der Waals surface area contributed by atoms with Crippen molar-refractivity contribution in [2.45, 2.75) is 39.2 Å². The lowest BCUT2D eigenvalue weighted by Gasteiger charge is -2.40. The minimum absolute atomic E-state index is 0.0150. The molecule has 0 aliphatic carbocycles. The molecule has 1 aromatic heterocycles. The molecule has 1 amide bonds. The molecule has 4 nitrogen and oxygen atoms in total. The maximum absolute atomic E-state index is 13.7. The van der Waals surface area contributed by atoms with Crippen molar-refractivity contribution < 1.29 is 13.9 Å². The topological polar surface area (TPSA) is 42.4 Å². The maximum atomic E-state index is 13.7. The average molecular weight is 266 g/mol. The minimum atomic E-state index is -0.502. The maximum Gasteiger partial charge on any atom is 0.410 e. The van der Waals surface area contributed by atoms with Crippen molar-refractivity contribution in [3.8, 4) is 0 Å². The third-order valence-corrected chi connectivity index (χ3v) is 3.08. The van der Waals surface area contributed by atoms with Crippen LogP contribution in [-0.2, 0) is 4.74 Å². The first-order valence-corrected chi connectivity index (χ1v) is 6.37. The van der Waals surface area contributed by atoms with E-state index >= 15 is 0 Å². The van der Waals surface area contributed by atoms with E-state index < -0.39 is 5.60 Å². The summed E-state index contributed by atoms with van der Waals surface area (Å²) in [5.41, 5.74) is 0.800. The summed E-state index contributed by atoms with van der Waals surface area (Å²) >= 11 is 0. The average Bonchev–Trinajstić information content (AvgIpc) is 2.17. The van der Waals surface area contributed by atoms with Crippen LogP contribution in [0.3, 0.4) is 0 Å². The highest BCUT2D eigenvalue weighted by molar-refractivity contribution is 5.69. The number of rotatable bonds is 1. The van der Waals surface area contributed by atoms with Crippen LogP contribution >= 0.6 is 0 Å². The molecule has 0 aromatic carbocycles. The number of aromatic nitrogens is 1. The third kappa shape index (κ3) is 3.03. The van der Waals surface area contributed by atoms with E-state index in [0.717, 1.165) is 0 Å². The fourth-order valence-corrected chi connectivity index (χ4v) is 2.17. The lowest BCUT2D eigenvalue weighted by molar-refractivity contribution is 0.00780. The first-order chi connectivity index (χ1) is 8.78. The van der Waals surface area contributed by atoms with E-state index in [0.29, 0.717) is 24.3 Å². The second kappa shape index (κ2) is 4.79.